The summed E-state index contributed by atoms with van der Waals surface area (Å²) < 4.78 is 0. The second-order valence-corrected chi connectivity index (χ2v) is 8.57. The van der Waals surface area contributed by atoms with E-state index in [1.165, 1.54) is 65.2 Å². The van der Waals surface area contributed by atoms with Crippen LogP contribution < -0.4 is 5.32 Å². The fourth-order valence-electron chi connectivity index (χ4n) is 4.35. The molecule has 0 aliphatic carbocycles. The minimum Gasteiger partial charge on any atom is -0.317 e. The molecule has 0 amide bonds. The van der Waals surface area contributed by atoms with Crippen molar-refractivity contribution in [2.75, 3.05) is 52.4 Å². The normalized spacial score (nSPS) is 29.2. The summed E-state index contributed by atoms with van der Waals surface area (Å²) >= 11 is 0. The van der Waals surface area contributed by atoms with Gasteiger partial charge in [0.25, 0.3) is 0 Å². The number of rotatable bonds is 3. The van der Waals surface area contributed by atoms with Crippen LogP contribution in [-0.4, -0.2) is 62.2 Å². The van der Waals surface area contributed by atoms with Crippen LogP contribution in [0.4, 0.5) is 0 Å². The van der Waals surface area contributed by atoms with Gasteiger partial charge in [0.15, 0.2) is 0 Å². The van der Waals surface area contributed by atoms with Gasteiger partial charge in [0.1, 0.15) is 0 Å². The number of piperidine rings is 1. The minimum absolute atomic E-state index is 0.458. The molecule has 3 rings (SSSR count). The standard InChI is InChI=1S/C16H31N3/c1-15(2,3)9-19-12-16(13-19)10-18(11-16)8-14-4-6-17-7-5-14/h14,17H,4-13H2,1-3H3. The van der Waals surface area contributed by atoms with Crippen molar-refractivity contribution in [3.8, 4) is 0 Å². The van der Waals surface area contributed by atoms with Crippen molar-refractivity contribution in [2.24, 2.45) is 16.7 Å². The molecule has 3 aliphatic heterocycles. The quantitative estimate of drug-likeness (QED) is 0.837. The topological polar surface area (TPSA) is 18.5 Å². The Kier molecular flexibility index (Phi) is 3.65. The molecule has 0 aromatic rings. The van der Waals surface area contributed by atoms with E-state index < -0.39 is 0 Å². The minimum atomic E-state index is 0.458. The molecule has 3 nitrogen and oxygen atoms in total. The van der Waals surface area contributed by atoms with Gasteiger partial charge in [-0.2, -0.15) is 0 Å². The molecule has 3 fully saturated rings. The van der Waals surface area contributed by atoms with Gasteiger partial charge in [-0.05, 0) is 37.3 Å². The molecule has 0 bridgehead atoms. The molecule has 1 N–H and O–H groups in total. The highest BCUT2D eigenvalue weighted by molar-refractivity contribution is 5.06. The molecule has 3 heterocycles. The van der Waals surface area contributed by atoms with Gasteiger partial charge in [0.05, 0.1) is 0 Å². The summed E-state index contributed by atoms with van der Waals surface area (Å²) in [6.45, 7) is 17.6. The Bertz CT molecular complexity index is 300. The molecule has 19 heavy (non-hydrogen) atoms. The highest BCUT2D eigenvalue weighted by Crippen LogP contribution is 2.41. The van der Waals surface area contributed by atoms with Crippen molar-refractivity contribution in [3.05, 3.63) is 0 Å². The number of hydrogen-bond donors (Lipinski definition) is 1. The molecule has 3 aliphatic rings. The molecule has 3 saturated heterocycles. The molecule has 0 saturated carbocycles. The number of nitrogens with one attached hydrogen (secondary N) is 1. The average molecular weight is 265 g/mol. The van der Waals surface area contributed by atoms with E-state index in [1.807, 2.05) is 0 Å². The number of hydrogen-bond acceptors (Lipinski definition) is 3. The maximum atomic E-state index is 3.46. The summed E-state index contributed by atoms with van der Waals surface area (Å²) in [5.41, 5.74) is 1.15. The average Bonchev–Trinajstić information content (AvgIpc) is 2.23. The Balaban J connectivity index is 1.35. The third-order valence-corrected chi connectivity index (χ3v) is 4.91. The zero-order valence-electron chi connectivity index (χ0n) is 13.0. The van der Waals surface area contributed by atoms with Crippen LogP contribution in [0.3, 0.4) is 0 Å². The van der Waals surface area contributed by atoms with Crippen LogP contribution >= 0.6 is 0 Å². The fraction of sp³-hybridized carbons (Fsp3) is 1.00. The first-order valence-electron chi connectivity index (χ1n) is 8.10. The first-order valence-corrected chi connectivity index (χ1v) is 8.10. The first-order chi connectivity index (χ1) is 8.94. The van der Waals surface area contributed by atoms with E-state index in [0.717, 1.165) is 5.92 Å². The number of nitrogens with zero attached hydrogens (tertiary/aromatic N) is 2. The Morgan fingerprint density at radius 2 is 1.58 bits per heavy atom. The molecular formula is C16H31N3. The van der Waals surface area contributed by atoms with Gasteiger partial charge < -0.3 is 15.1 Å². The van der Waals surface area contributed by atoms with Gasteiger partial charge in [-0.15, -0.1) is 0 Å². The summed E-state index contributed by atoms with van der Waals surface area (Å²) in [6, 6.07) is 0. The SMILES string of the molecule is CC(C)(C)CN1CC2(CN(CC3CCNCC3)C2)C1. The van der Waals surface area contributed by atoms with Crippen molar-refractivity contribution in [3.63, 3.8) is 0 Å². The lowest BCUT2D eigenvalue weighted by Gasteiger charge is -2.62. The van der Waals surface area contributed by atoms with Gasteiger partial charge in [-0.3, -0.25) is 0 Å². The van der Waals surface area contributed by atoms with E-state index in [-0.39, 0.29) is 0 Å². The zero-order valence-corrected chi connectivity index (χ0v) is 13.0. The van der Waals surface area contributed by atoms with Gasteiger partial charge in [0.2, 0.25) is 0 Å². The first kappa shape index (κ1) is 13.8. The van der Waals surface area contributed by atoms with Crippen LogP contribution in [0.2, 0.25) is 0 Å². The van der Waals surface area contributed by atoms with E-state index in [9.17, 15) is 0 Å². The van der Waals surface area contributed by atoms with Crippen LogP contribution in [0.15, 0.2) is 0 Å². The monoisotopic (exact) mass is 265 g/mol. The highest BCUT2D eigenvalue weighted by atomic mass is 15.3. The van der Waals surface area contributed by atoms with E-state index >= 15 is 0 Å². The molecule has 3 heteroatoms. The van der Waals surface area contributed by atoms with Crippen molar-refractivity contribution in [1.29, 1.82) is 0 Å². The lowest BCUT2D eigenvalue weighted by Crippen LogP contribution is -2.72. The lowest BCUT2D eigenvalue weighted by molar-refractivity contribution is -0.126. The van der Waals surface area contributed by atoms with Crippen LogP contribution in [0.1, 0.15) is 33.6 Å². The van der Waals surface area contributed by atoms with Crippen molar-refractivity contribution in [1.82, 2.24) is 15.1 Å². The Labute approximate surface area is 118 Å². The maximum absolute atomic E-state index is 3.46. The predicted octanol–water partition coefficient (Wildman–Crippen LogP) is 1.65. The van der Waals surface area contributed by atoms with Gasteiger partial charge in [-0.1, -0.05) is 20.8 Å². The second kappa shape index (κ2) is 5.01. The molecule has 0 radical (unpaired) electrons. The largest absolute Gasteiger partial charge is 0.317 e. The summed E-state index contributed by atoms with van der Waals surface area (Å²) in [4.78, 5) is 5.37. The van der Waals surface area contributed by atoms with E-state index in [0.29, 0.717) is 10.8 Å². The van der Waals surface area contributed by atoms with Crippen molar-refractivity contribution >= 4 is 0 Å². The fourth-order valence-corrected chi connectivity index (χ4v) is 4.35. The Morgan fingerprint density at radius 1 is 1.00 bits per heavy atom. The second-order valence-electron chi connectivity index (χ2n) is 8.57. The smallest absolute Gasteiger partial charge is 0.0212 e. The molecule has 110 valence electrons. The summed E-state index contributed by atoms with van der Waals surface area (Å²) in [5.74, 6) is 0.962. The van der Waals surface area contributed by atoms with Crippen LogP contribution in [0, 0.1) is 16.7 Å². The van der Waals surface area contributed by atoms with Crippen LogP contribution in [0.5, 0.6) is 0 Å². The van der Waals surface area contributed by atoms with Gasteiger partial charge >= 0.3 is 0 Å². The van der Waals surface area contributed by atoms with Crippen LogP contribution in [0.25, 0.3) is 0 Å². The maximum Gasteiger partial charge on any atom is 0.0212 e. The Morgan fingerprint density at radius 3 is 2.16 bits per heavy atom. The Hall–Kier alpha value is -0.120. The van der Waals surface area contributed by atoms with Gasteiger partial charge in [0, 0.05) is 44.7 Å². The van der Waals surface area contributed by atoms with E-state index in [4.69, 9.17) is 0 Å². The van der Waals surface area contributed by atoms with Crippen molar-refractivity contribution in [2.45, 2.75) is 33.6 Å². The molecular weight excluding hydrogens is 234 g/mol. The number of likely N-dealkylation sites (tertiary alicyclic amines) is 2. The summed E-state index contributed by atoms with van der Waals surface area (Å²) in [7, 11) is 0. The van der Waals surface area contributed by atoms with Crippen LogP contribution in [-0.2, 0) is 0 Å². The van der Waals surface area contributed by atoms with E-state index in [2.05, 4.69) is 35.9 Å². The predicted molar refractivity (Wildman–Crippen MR) is 80.4 cm³/mol. The zero-order chi connectivity index (χ0) is 13.5. The molecule has 0 aromatic carbocycles. The summed E-state index contributed by atoms with van der Waals surface area (Å²) in [6.07, 6.45) is 2.78. The molecule has 0 unspecified atom stereocenters. The summed E-state index contributed by atoms with van der Waals surface area (Å²) in [5, 5.41) is 3.46. The van der Waals surface area contributed by atoms with Gasteiger partial charge in [-0.25, -0.2) is 0 Å². The van der Waals surface area contributed by atoms with E-state index in [1.54, 1.807) is 0 Å². The third kappa shape index (κ3) is 3.32. The molecule has 0 atom stereocenters. The molecule has 1 spiro atoms. The highest BCUT2D eigenvalue weighted by Gasteiger charge is 2.51. The van der Waals surface area contributed by atoms with Crippen molar-refractivity contribution < 1.29 is 0 Å². The lowest BCUT2D eigenvalue weighted by atomic mass is 9.71. The third-order valence-electron chi connectivity index (χ3n) is 4.91. The molecule has 0 aromatic heterocycles.